The van der Waals surface area contributed by atoms with E-state index >= 15 is 0 Å². The smallest absolute Gasteiger partial charge is 0.231 e. The Hall–Kier alpha value is -3.72. The van der Waals surface area contributed by atoms with Crippen LogP contribution in [0.15, 0.2) is 53.6 Å². The molecule has 0 aliphatic carbocycles. The molecule has 160 valence electrons. The number of ether oxygens (including phenoxy) is 2. The third-order valence-corrected chi connectivity index (χ3v) is 5.94. The van der Waals surface area contributed by atoms with E-state index in [4.69, 9.17) is 14.6 Å². The summed E-state index contributed by atoms with van der Waals surface area (Å²) in [7, 11) is 0. The third kappa shape index (κ3) is 4.47. The van der Waals surface area contributed by atoms with Crippen LogP contribution in [0, 0.1) is 22.7 Å². The van der Waals surface area contributed by atoms with Crippen molar-refractivity contribution in [2.24, 2.45) is 0 Å². The molecule has 0 saturated heterocycles. The Bertz CT molecular complexity index is 1200. The molecule has 4 rings (SSSR count). The van der Waals surface area contributed by atoms with Crippen molar-refractivity contribution in [1.82, 2.24) is 4.98 Å². The molecule has 0 fully saturated rings. The molecule has 3 aromatic rings. The van der Waals surface area contributed by atoms with Gasteiger partial charge in [0.05, 0.1) is 5.56 Å². The molecule has 0 atom stereocenters. The second-order valence-corrected chi connectivity index (χ2v) is 7.92. The van der Waals surface area contributed by atoms with Crippen LogP contribution >= 0.6 is 11.8 Å². The molecule has 1 aromatic heterocycles. The first-order chi connectivity index (χ1) is 15.7. The highest BCUT2D eigenvalue weighted by molar-refractivity contribution is 7.98. The number of nitrogens with zero attached hydrogens (tertiary/aromatic N) is 3. The van der Waals surface area contributed by atoms with Crippen LogP contribution in [0.25, 0.3) is 11.1 Å². The second kappa shape index (κ2) is 10.1. The molecule has 0 radical (unpaired) electrons. The lowest BCUT2D eigenvalue weighted by Gasteiger charge is -2.16. The van der Waals surface area contributed by atoms with Crippen molar-refractivity contribution < 1.29 is 14.6 Å². The standard InChI is InChI=1S/C24H20N4O3S/c25-12-18-22(17-7-8-20-21(11-17)31-15-30-20)19(13-26)24(28-23(18)27-9-4-10-29)32-14-16-5-2-1-3-6-16/h1-3,5-8,11,29H,4,9-10,14-15H2,(H,27,28). The SMILES string of the molecule is N#Cc1c(NCCCO)nc(SCc2ccccc2)c(C#N)c1-c1ccc2c(c1)OCO2. The molecule has 2 N–H and O–H groups in total. The van der Waals surface area contributed by atoms with Gasteiger partial charge in [-0.3, -0.25) is 0 Å². The predicted octanol–water partition coefficient (Wildman–Crippen LogP) is 4.31. The van der Waals surface area contributed by atoms with Gasteiger partial charge in [-0.25, -0.2) is 4.98 Å². The van der Waals surface area contributed by atoms with Gasteiger partial charge in [-0.05, 0) is 29.7 Å². The van der Waals surface area contributed by atoms with Gasteiger partial charge >= 0.3 is 0 Å². The fraction of sp³-hybridized carbons (Fsp3) is 0.208. The van der Waals surface area contributed by atoms with Crippen LogP contribution < -0.4 is 14.8 Å². The predicted molar refractivity (Wildman–Crippen MR) is 121 cm³/mol. The van der Waals surface area contributed by atoms with Gasteiger partial charge in [-0.1, -0.05) is 36.4 Å². The summed E-state index contributed by atoms with van der Waals surface area (Å²) in [4.78, 5) is 4.63. The highest BCUT2D eigenvalue weighted by Crippen LogP contribution is 2.41. The number of nitrogens with one attached hydrogen (secondary N) is 1. The lowest BCUT2D eigenvalue weighted by atomic mass is 9.96. The van der Waals surface area contributed by atoms with Crippen LogP contribution in [-0.4, -0.2) is 30.0 Å². The molecule has 7 nitrogen and oxygen atoms in total. The van der Waals surface area contributed by atoms with Gasteiger partial charge < -0.3 is 19.9 Å². The maximum atomic E-state index is 10.1. The van der Waals surface area contributed by atoms with Crippen LogP contribution in [0.5, 0.6) is 11.5 Å². The number of fused-ring (bicyclic) bond motifs is 1. The summed E-state index contributed by atoms with van der Waals surface area (Å²) in [6.07, 6.45) is 0.512. The zero-order valence-electron chi connectivity index (χ0n) is 17.2. The van der Waals surface area contributed by atoms with Crippen molar-refractivity contribution >= 4 is 17.6 Å². The first-order valence-electron chi connectivity index (χ1n) is 10.0. The van der Waals surface area contributed by atoms with Gasteiger partial charge in [0.1, 0.15) is 28.5 Å². The molecule has 2 heterocycles. The first-order valence-corrected chi connectivity index (χ1v) is 11.0. The summed E-state index contributed by atoms with van der Waals surface area (Å²) in [6.45, 7) is 0.612. The van der Waals surface area contributed by atoms with Crippen LogP contribution in [0.2, 0.25) is 0 Å². The summed E-state index contributed by atoms with van der Waals surface area (Å²) in [5.74, 6) is 2.22. The van der Waals surface area contributed by atoms with E-state index in [2.05, 4.69) is 22.4 Å². The molecule has 0 bridgehead atoms. The molecule has 8 heteroatoms. The number of aliphatic hydroxyl groups excluding tert-OH is 1. The monoisotopic (exact) mass is 444 g/mol. The Kier molecular flexibility index (Phi) is 6.76. The molecule has 0 saturated carbocycles. The highest BCUT2D eigenvalue weighted by atomic mass is 32.2. The molecule has 0 unspecified atom stereocenters. The summed E-state index contributed by atoms with van der Waals surface area (Å²) >= 11 is 1.44. The number of aliphatic hydroxyl groups is 1. The Morgan fingerprint density at radius 1 is 1.03 bits per heavy atom. The van der Waals surface area contributed by atoms with Crippen LogP contribution in [-0.2, 0) is 5.75 Å². The highest BCUT2D eigenvalue weighted by Gasteiger charge is 2.24. The zero-order chi connectivity index (χ0) is 22.3. The number of hydrogen-bond donors (Lipinski definition) is 2. The number of pyridine rings is 1. The summed E-state index contributed by atoms with van der Waals surface area (Å²) in [5, 5.41) is 32.9. The first kappa shape index (κ1) is 21.5. The molecule has 0 amide bonds. The summed E-state index contributed by atoms with van der Waals surface area (Å²) in [5.41, 5.74) is 2.91. The van der Waals surface area contributed by atoms with E-state index in [0.717, 1.165) is 5.56 Å². The van der Waals surface area contributed by atoms with E-state index in [1.807, 2.05) is 36.4 Å². The van der Waals surface area contributed by atoms with E-state index in [0.29, 0.717) is 57.8 Å². The van der Waals surface area contributed by atoms with E-state index in [1.54, 1.807) is 12.1 Å². The number of thioether (sulfide) groups is 1. The number of nitriles is 2. The number of hydrogen-bond acceptors (Lipinski definition) is 8. The Labute approximate surface area is 190 Å². The number of aromatic nitrogens is 1. The minimum Gasteiger partial charge on any atom is -0.454 e. The fourth-order valence-corrected chi connectivity index (χ4v) is 4.30. The van der Waals surface area contributed by atoms with Crippen LogP contribution in [0.4, 0.5) is 5.82 Å². The Morgan fingerprint density at radius 3 is 2.56 bits per heavy atom. The van der Waals surface area contributed by atoms with Crippen molar-refractivity contribution in [3.05, 3.63) is 65.2 Å². The molecule has 32 heavy (non-hydrogen) atoms. The maximum Gasteiger partial charge on any atom is 0.231 e. The lowest BCUT2D eigenvalue weighted by molar-refractivity contribution is 0.174. The van der Waals surface area contributed by atoms with Gasteiger partial charge in [0.15, 0.2) is 11.5 Å². The lowest BCUT2D eigenvalue weighted by Crippen LogP contribution is -2.09. The average molecular weight is 445 g/mol. The van der Waals surface area contributed by atoms with Crippen LogP contribution in [0.1, 0.15) is 23.1 Å². The Morgan fingerprint density at radius 2 is 1.81 bits per heavy atom. The third-order valence-electron chi connectivity index (χ3n) is 4.89. The van der Waals surface area contributed by atoms with Gasteiger partial charge in [-0.15, -0.1) is 11.8 Å². The van der Waals surface area contributed by atoms with Crippen molar-refractivity contribution in [3.63, 3.8) is 0 Å². The summed E-state index contributed by atoms with van der Waals surface area (Å²) < 4.78 is 10.9. The van der Waals surface area contributed by atoms with E-state index in [9.17, 15) is 10.5 Å². The van der Waals surface area contributed by atoms with Gasteiger partial charge in [0, 0.05) is 24.5 Å². The molecular formula is C24H20N4O3S. The number of benzene rings is 2. The van der Waals surface area contributed by atoms with E-state index in [1.165, 1.54) is 11.8 Å². The average Bonchev–Trinajstić information content (AvgIpc) is 3.31. The molecule has 2 aromatic carbocycles. The van der Waals surface area contributed by atoms with Crippen molar-refractivity contribution in [3.8, 4) is 34.8 Å². The summed E-state index contributed by atoms with van der Waals surface area (Å²) in [6, 6.07) is 19.8. The van der Waals surface area contributed by atoms with Gasteiger partial charge in [-0.2, -0.15) is 10.5 Å². The topological polar surface area (TPSA) is 111 Å². The van der Waals surface area contributed by atoms with E-state index < -0.39 is 0 Å². The molecule has 1 aliphatic rings. The minimum atomic E-state index is 0.0236. The van der Waals surface area contributed by atoms with Gasteiger partial charge in [0.2, 0.25) is 6.79 Å². The molecule has 0 spiro atoms. The quantitative estimate of drug-likeness (QED) is 0.391. The maximum absolute atomic E-state index is 10.1. The van der Waals surface area contributed by atoms with Crippen molar-refractivity contribution in [1.29, 1.82) is 10.5 Å². The van der Waals surface area contributed by atoms with Gasteiger partial charge in [0.25, 0.3) is 0 Å². The fourth-order valence-electron chi connectivity index (χ4n) is 3.36. The second-order valence-electron chi connectivity index (χ2n) is 6.96. The largest absolute Gasteiger partial charge is 0.454 e. The number of anilines is 1. The van der Waals surface area contributed by atoms with Crippen molar-refractivity contribution in [2.75, 3.05) is 25.3 Å². The normalized spacial score (nSPS) is 11.6. The van der Waals surface area contributed by atoms with Crippen LogP contribution in [0.3, 0.4) is 0 Å². The van der Waals surface area contributed by atoms with Crippen molar-refractivity contribution in [2.45, 2.75) is 17.2 Å². The minimum absolute atomic E-state index is 0.0236. The molecular weight excluding hydrogens is 424 g/mol. The van der Waals surface area contributed by atoms with E-state index in [-0.39, 0.29) is 19.0 Å². The number of rotatable bonds is 8. The Balaban J connectivity index is 1.82. The molecule has 1 aliphatic heterocycles. The zero-order valence-corrected chi connectivity index (χ0v) is 18.0.